The minimum absolute atomic E-state index is 0.435. The van der Waals surface area contributed by atoms with Crippen molar-refractivity contribution in [2.45, 2.75) is 6.61 Å². The third-order valence-electron chi connectivity index (χ3n) is 1.83. The third-order valence-corrected chi connectivity index (χ3v) is 1.83. The molecular weight excluding hydrogens is 239 g/mol. The number of nitrogens with zero attached hydrogens (tertiary/aromatic N) is 1. The second kappa shape index (κ2) is 5.21. The summed E-state index contributed by atoms with van der Waals surface area (Å²) in [5, 5.41) is 8.58. The number of hydrogen-bond donors (Lipinski definition) is 0. The van der Waals surface area contributed by atoms with Gasteiger partial charge in [0.2, 0.25) is 0 Å². The van der Waals surface area contributed by atoms with Crippen LogP contribution in [0.5, 0.6) is 5.75 Å². The summed E-state index contributed by atoms with van der Waals surface area (Å²) < 4.78 is 45.8. The van der Waals surface area contributed by atoms with Crippen molar-refractivity contribution in [3.8, 4) is 11.8 Å². The summed E-state index contributed by atoms with van der Waals surface area (Å²) in [6.07, 6.45) is 0. The van der Waals surface area contributed by atoms with Crippen LogP contribution in [0.15, 0.2) is 12.1 Å². The first-order chi connectivity index (χ1) is 8.01. The lowest BCUT2D eigenvalue weighted by atomic mass is 10.1. The van der Waals surface area contributed by atoms with Gasteiger partial charge in [0.25, 0.3) is 0 Å². The van der Waals surface area contributed by atoms with Crippen LogP contribution >= 0.6 is 0 Å². The number of halogens is 3. The van der Waals surface area contributed by atoms with Crippen molar-refractivity contribution in [2.24, 2.45) is 0 Å². The molecule has 0 spiro atoms. The molecule has 7 heteroatoms. The Hall–Kier alpha value is -2.23. The Labute approximate surface area is 94.2 Å². The summed E-state index contributed by atoms with van der Waals surface area (Å²) >= 11 is 0. The first-order valence-corrected chi connectivity index (χ1v) is 4.27. The second-order valence-electron chi connectivity index (χ2n) is 2.79. The average Bonchev–Trinajstić information content (AvgIpc) is 2.30. The molecule has 0 aliphatic rings. The van der Waals surface area contributed by atoms with Crippen LogP contribution in [0.25, 0.3) is 0 Å². The summed E-state index contributed by atoms with van der Waals surface area (Å²) in [6, 6.07) is 3.42. The van der Waals surface area contributed by atoms with E-state index in [0.29, 0.717) is 0 Å². The van der Waals surface area contributed by atoms with Crippen LogP contribution in [0, 0.1) is 17.1 Å². The van der Waals surface area contributed by atoms with Gasteiger partial charge in [-0.1, -0.05) is 0 Å². The number of alkyl halides is 2. The molecule has 0 unspecified atom stereocenters. The van der Waals surface area contributed by atoms with Gasteiger partial charge >= 0.3 is 12.6 Å². The molecule has 90 valence electrons. The fourth-order valence-electron chi connectivity index (χ4n) is 1.12. The molecule has 4 nitrogen and oxygen atoms in total. The van der Waals surface area contributed by atoms with Crippen molar-refractivity contribution in [1.29, 1.82) is 5.26 Å². The Kier molecular flexibility index (Phi) is 3.93. The van der Waals surface area contributed by atoms with Gasteiger partial charge in [-0.3, -0.25) is 0 Å². The maximum atomic E-state index is 13.6. The zero-order valence-electron chi connectivity index (χ0n) is 8.54. The highest BCUT2D eigenvalue weighted by atomic mass is 19.3. The van der Waals surface area contributed by atoms with Gasteiger partial charge in [0.1, 0.15) is 6.07 Å². The molecule has 0 N–H and O–H groups in total. The van der Waals surface area contributed by atoms with Gasteiger partial charge in [0.15, 0.2) is 11.6 Å². The summed E-state index contributed by atoms with van der Waals surface area (Å²) in [5.74, 6) is -3.37. The third kappa shape index (κ3) is 2.66. The molecule has 0 radical (unpaired) electrons. The zero-order chi connectivity index (χ0) is 13.0. The fraction of sp³-hybridized carbons (Fsp3) is 0.200. The highest BCUT2D eigenvalue weighted by Crippen LogP contribution is 2.27. The summed E-state index contributed by atoms with van der Waals surface area (Å²) in [6.45, 7) is -3.30. The highest BCUT2D eigenvalue weighted by molar-refractivity contribution is 5.90. The van der Waals surface area contributed by atoms with Gasteiger partial charge < -0.3 is 9.47 Å². The summed E-state index contributed by atoms with van der Waals surface area (Å²) in [5.41, 5.74) is -1.02. The van der Waals surface area contributed by atoms with Crippen molar-refractivity contribution >= 4 is 5.97 Å². The molecule has 0 aromatic heterocycles. The van der Waals surface area contributed by atoms with Crippen LogP contribution in [0.1, 0.15) is 15.9 Å². The molecule has 0 aliphatic heterocycles. The lowest BCUT2D eigenvalue weighted by molar-refractivity contribution is -0.0525. The van der Waals surface area contributed by atoms with Crippen LogP contribution < -0.4 is 4.74 Å². The quantitative estimate of drug-likeness (QED) is 0.765. The molecule has 1 aromatic rings. The number of rotatable bonds is 3. The SMILES string of the molecule is COC(=O)c1ccc(C#N)c(OC(F)F)c1F. The van der Waals surface area contributed by atoms with E-state index in [1.807, 2.05) is 0 Å². The highest BCUT2D eigenvalue weighted by Gasteiger charge is 2.22. The molecule has 0 aliphatic carbocycles. The molecule has 1 aromatic carbocycles. The zero-order valence-corrected chi connectivity index (χ0v) is 8.54. The van der Waals surface area contributed by atoms with Gasteiger partial charge in [-0.25, -0.2) is 9.18 Å². The van der Waals surface area contributed by atoms with E-state index in [0.717, 1.165) is 19.2 Å². The minimum atomic E-state index is -3.30. The van der Waals surface area contributed by atoms with Gasteiger partial charge in [0, 0.05) is 0 Å². The number of carbonyl (C=O) groups is 1. The van der Waals surface area contributed by atoms with Gasteiger partial charge in [-0.15, -0.1) is 0 Å². The standard InChI is InChI=1S/C10H6F3NO3/c1-16-9(15)6-3-2-5(4-14)8(7(6)11)17-10(12)13/h2-3,10H,1H3. The van der Waals surface area contributed by atoms with E-state index < -0.39 is 35.3 Å². The predicted molar refractivity (Wildman–Crippen MR) is 49.1 cm³/mol. The van der Waals surface area contributed by atoms with E-state index in [-0.39, 0.29) is 0 Å². The number of benzene rings is 1. The molecule has 0 bridgehead atoms. The van der Waals surface area contributed by atoms with Crippen molar-refractivity contribution < 1.29 is 27.4 Å². The Morgan fingerprint density at radius 1 is 1.47 bits per heavy atom. The number of ether oxygens (including phenoxy) is 2. The molecule has 0 fully saturated rings. The molecule has 0 amide bonds. The molecule has 0 saturated heterocycles. The van der Waals surface area contributed by atoms with Crippen LogP contribution in [0.2, 0.25) is 0 Å². The number of methoxy groups -OCH3 is 1. The van der Waals surface area contributed by atoms with Gasteiger partial charge in [-0.05, 0) is 12.1 Å². The molecule has 17 heavy (non-hydrogen) atoms. The van der Waals surface area contributed by atoms with Gasteiger partial charge in [-0.2, -0.15) is 14.0 Å². The summed E-state index contributed by atoms with van der Waals surface area (Å²) in [4.78, 5) is 11.1. The van der Waals surface area contributed by atoms with E-state index in [2.05, 4.69) is 9.47 Å². The van der Waals surface area contributed by atoms with Crippen LogP contribution in [0.3, 0.4) is 0 Å². The molecule has 0 saturated carbocycles. The summed E-state index contributed by atoms with van der Waals surface area (Å²) in [7, 11) is 1.01. The van der Waals surface area contributed by atoms with Gasteiger partial charge in [0.05, 0.1) is 18.2 Å². The van der Waals surface area contributed by atoms with E-state index in [9.17, 15) is 18.0 Å². The first kappa shape index (κ1) is 12.8. The van der Waals surface area contributed by atoms with E-state index in [4.69, 9.17) is 5.26 Å². The maximum Gasteiger partial charge on any atom is 0.387 e. The number of esters is 1. The van der Waals surface area contributed by atoms with Crippen molar-refractivity contribution in [3.05, 3.63) is 29.1 Å². The topological polar surface area (TPSA) is 59.3 Å². The van der Waals surface area contributed by atoms with Crippen molar-refractivity contribution in [2.75, 3.05) is 7.11 Å². The first-order valence-electron chi connectivity index (χ1n) is 4.27. The molecule has 0 heterocycles. The predicted octanol–water partition coefficient (Wildman–Crippen LogP) is 2.09. The monoisotopic (exact) mass is 245 g/mol. The normalized spacial score (nSPS) is 9.88. The van der Waals surface area contributed by atoms with Crippen LogP contribution in [-0.2, 0) is 4.74 Å². The average molecular weight is 245 g/mol. The smallest absolute Gasteiger partial charge is 0.387 e. The number of hydrogen-bond acceptors (Lipinski definition) is 4. The minimum Gasteiger partial charge on any atom is -0.465 e. The van der Waals surface area contributed by atoms with Crippen molar-refractivity contribution in [1.82, 2.24) is 0 Å². The fourth-order valence-corrected chi connectivity index (χ4v) is 1.12. The van der Waals surface area contributed by atoms with E-state index in [1.54, 1.807) is 0 Å². The Morgan fingerprint density at radius 3 is 2.59 bits per heavy atom. The largest absolute Gasteiger partial charge is 0.465 e. The van der Waals surface area contributed by atoms with Crippen molar-refractivity contribution in [3.63, 3.8) is 0 Å². The number of nitriles is 1. The Balaban J connectivity index is 3.33. The maximum absolute atomic E-state index is 13.6. The Morgan fingerprint density at radius 2 is 2.12 bits per heavy atom. The number of carbonyl (C=O) groups excluding carboxylic acids is 1. The van der Waals surface area contributed by atoms with E-state index in [1.165, 1.54) is 6.07 Å². The van der Waals surface area contributed by atoms with E-state index >= 15 is 0 Å². The lowest BCUT2D eigenvalue weighted by Gasteiger charge is -2.09. The molecule has 1 rings (SSSR count). The van der Waals surface area contributed by atoms with Crippen LogP contribution in [0.4, 0.5) is 13.2 Å². The molecular formula is C10H6F3NO3. The lowest BCUT2D eigenvalue weighted by Crippen LogP contribution is -2.10. The van der Waals surface area contributed by atoms with Crippen LogP contribution in [-0.4, -0.2) is 19.7 Å². The molecule has 0 atom stereocenters. The second-order valence-corrected chi connectivity index (χ2v) is 2.79. The Bertz CT molecular complexity index is 482.